The van der Waals surface area contributed by atoms with Crippen LogP contribution in [0.4, 0.5) is 11.6 Å². The second-order valence-electron chi connectivity index (χ2n) is 6.58. The molecular formula is C22H19Cl2N5O3. The first-order chi connectivity index (χ1) is 15.5. The Morgan fingerprint density at radius 3 is 2.31 bits per heavy atom. The molecule has 0 radical (unpaired) electrons. The lowest BCUT2D eigenvalue weighted by Gasteiger charge is -2.14. The lowest BCUT2D eigenvalue weighted by Crippen LogP contribution is -2.01. The third-order valence-electron chi connectivity index (χ3n) is 4.68. The van der Waals surface area contributed by atoms with E-state index in [1.807, 2.05) is 6.07 Å². The summed E-state index contributed by atoms with van der Waals surface area (Å²) in [6.07, 6.45) is 3.41. The van der Waals surface area contributed by atoms with Crippen LogP contribution in [-0.4, -0.2) is 41.5 Å². The van der Waals surface area contributed by atoms with E-state index in [-0.39, 0.29) is 0 Å². The van der Waals surface area contributed by atoms with E-state index in [9.17, 15) is 0 Å². The van der Waals surface area contributed by atoms with Crippen LogP contribution in [0.15, 0.2) is 48.8 Å². The number of hydrogen-bond acceptors (Lipinski definition) is 7. The zero-order valence-electron chi connectivity index (χ0n) is 17.4. The van der Waals surface area contributed by atoms with Crippen molar-refractivity contribution in [1.29, 1.82) is 0 Å². The van der Waals surface area contributed by atoms with Crippen molar-refractivity contribution in [2.75, 3.05) is 26.6 Å². The largest absolute Gasteiger partial charge is 0.493 e. The molecule has 0 fully saturated rings. The van der Waals surface area contributed by atoms with Crippen molar-refractivity contribution in [2.45, 2.75) is 0 Å². The van der Waals surface area contributed by atoms with Gasteiger partial charge in [-0.1, -0.05) is 23.2 Å². The van der Waals surface area contributed by atoms with Gasteiger partial charge in [-0.05, 0) is 24.3 Å². The Hall–Kier alpha value is -3.49. The number of halogens is 2. The molecule has 0 aliphatic carbocycles. The third kappa shape index (κ3) is 4.28. The van der Waals surface area contributed by atoms with Gasteiger partial charge in [0.15, 0.2) is 11.5 Å². The Labute approximate surface area is 194 Å². The van der Waals surface area contributed by atoms with Crippen LogP contribution in [-0.2, 0) is 0 Å². The van der Waals surface area contributed by atoms with E-state index in [0.29, 0.717) is 50.3 Å². The number of H-pyrrole nitrogens is 1. The molecule has 2 aromatic carbocycles. The Morgan fingerprint density at radius 1 is 0.906 bits per heavy atom. The minimum Gasteiger partial charge on any atom is -0.493 e. The molecule has 0 spiro atoms. The van der Waals surface area contributed by atoms with E-state index in [4.69, 9.17) is 37.4 Å². The lowest BCUT2D eigenvalue weighted by molar-refractivity contribution is 0.324. The normalized spacial score (nSPS) is 10.7. The fourth-order valence-corrected chi connectivity index (χ4v) is 3.72. The zero-order chi connectivity index (χ0) is 22.7. The number of rotatable bonds is 7. The fraction of sp³-hybridized carbons (Fsp3) is 0.136. The summed E-state index contributed by atoms with van der Waals surface area (Å²) in [5.74, 6) is 1.91. The molecule has 0 aliphatic heterocycles. The highest BCUT2D eigenvalue weighted by Crippen LogP contribution is 2.40. The first-order valence-corrected chi connectivity index (χ1v) is 10.2. The van der Waals surface area contributed by atoms with E-state index in [1.54, 1.807) is 64.1 Å². The highest BCUT2D eigenvalue weighted by molar-refractivity contribution is 6.36. The van der Waals surface area contributed by atoms with Crippen molar-refractivity contribution in [1.82, 2.24) is 20.2 Å². The second-order valence-corrected chi connectivity index (χ2v) is 7.42. The fourth-order valence-electron chi connectivity index (χ4n) is 3.22. The molecule has 0 unspecified atom stereocenters. The Kier molecular flexibility index (Phi) is 6.34. The number of nitrogens with one attached hydrogen (secondary N) is 2. The Bertz CT molecular complexity index is 1240. The van der Waals surface area contributed by atoms with Crippen molar-refractivity contribution >= 4 is 34.8 Å². The number of nitrogens with zero attached hydrogens (tertiary/aromatic N) is 3. The predicted octanol–water partition coefficient (Wildman–Crippen LogP) is 5.61. The van der Waals surface area contributed by atoms with E-state index in [2.05, 4.69) is 25.5 Å². The first kappa shape index (κ1) is 21.7. The summed E-state index contributed by atoms with van der Waals surface area (Å²) in [7, 11) is 4.66. The monoisotopic (exact) mass is 471 g/mol. The van der Waals surface area contributed by atoms with Gasteiger partial charge in [-0.3, -0.25) is 5.10 Å². The lowest BCUT2D eigenvalue weighted by atomic mass is 10.1. The summed E-state index contributed by atoms with van der Waals surface area (Å²) < 4.78 is 16.2. The van der Waals surface area contributed by atoms with Crippen molar-refractivity contribution in [2.24, 2.45) is 0 Å². The molecular weight excluding hydrogens is 453 g/mol. The van der Waals surface area contributed by atoms with Crippen LogP contribution < -0.4 is 19.5 Å². The standard InChI is InChI=1S/C22H19Cl2N5O3/c1-30-18-9-13(10-19(31-2)21(18)32-3)27-22-25-7-6-17(28-22)15-11-26-29-20(15)14-5-4-12(23)8-16(14)24/h4-11H,1-3H3,(H,26,29)(H,25,27,28). The molecule has 32 heavy (non-hydrogen) atoms. The Balaban J connectivity index is 1.69. The van der Waals surface area contributed by atoms with Crippen LogP contribution in [0.3, 0.4) is 0 Å². The molecule has 0 aliphatic rings. The molecule has 0 saturated carbocycles. The third-order valence-corrected chi connectivity index (χ3v) is 5.23. The van der Waals surface area contributed by atoms with Crippen molar-refractivity contribution in [3.05, 3.63) is 58.8 Å². The predicted molar refractivity (Wildman–Crippen MR) is 124 cm³/mol. The van der Waals surface area contributed by atoms with Crippen LogP contribution in [0.2, 0.25) is 10.0 Å². The summed E-state index contributed by atoms with van der Waals surface area (Å²) in [6.45, 7) is 0. The highest BCUT2D eigenvalue weighted by Gasteiger charge is 2.17. The van der Waals surface area contributed by atoms with E-state index in [0.717, 1.165) is 11.1 Å². The molecule has 0 amide bonds. The van der Waals surface area contributed by atoms with E-state index >= 15 is 0 Å². The summed E-state index contributed by atoms with van der Waals surface area (Å²) in [5, 5.41) is 11.5. The maximum Gasteiger partial charge on any atom is 0.227 e. The number of ether oxygens (including phenoxy) is 3. The van der Waals surface area contributed by atoms with Gasteiger partial charge in [0.2, 0.25) is 11.7 Å². The smallest absolute Gasteiger partial charge is 0.227 e. The van der Waals surface area contributed by atoms with Gasteiger partial charge in [0.1, 0.15) is 5.69 Å². The van der Waals surface area contributed by atoms with Gasteiger partial charge in [-0.25, -0.2) is 9.97 Å². The summed E-state index contributed by atoms with van der Waals surface area (Å²) in [4.78, 5) is 8.95. The molecule has 0 saturated heterocycles. The van der Waals surface area contributed by atoms with E-state index < -0.39 is 0 Å². The number of methoxy groups -OCH3 is 3. The topological polar surface area (TPSA) is 94.2 Å². The molecule has 0 bridgehead atoms. The maximum absolute atomic E-state index is 6.38. The number of benzene rings is 2. The molecule has 4 aromatic rings. The molecule has 0 atom stereocenters. The molecule has 10 heteroatoms. The zero-order valence-corrected chi connectivity index (χ0v) is 19.0. The van der Waals surface area contributed by atoms with Crippen LogP contribution in [0, 0.1) is 0 Å². The number of hydrogen-bond donors (Lipinski definition) is 2. The molecule has 2 heterocycles. The highest BCUT2D eigenvalue weighted by atomic mass is 35.5. The molecule has 4 rings (SSSR count). The van der Waals surface area contributed by atoms with Crippen LogP contribution in [0.1, 0.15) is 0 Å². The summed E-state index contributed by atoms with van der Waals surface area (Å²) >= 11 is 12.4. The maximum atomic E-state index is 6.38. The summed E-state index contributed by atoms with van der Waals surface area (Å²) in [5.41, 5.74) is 3.49. The van der Waals surface area contributed by atoms with Gasteiger partial charge < -0.3 is 19.5 Å². The van der Waals surface area contributed by atoms with Gasteiger partial charge >= 0.3 is 0 Å². The molecule has 8 nitrogen and oxygen atoms in total. The van der Waals surface area contributed by atoms with Gasteiger partial charge in [0.25, 0.3) is 0 Å². The van der Waals surface area contributed by atoms with Crippen molar-refractivity contribution in [3.8, 4) is 39.8 Å². The van der Waals surface area contributed by atoms with Gasteiger partial charge in [-0.15, -0.1) is 0 Å². The first-order valence-electron chi connectivity index (χ1n) is 9.43. The molecule has 2 N–H and O–H groups in total. The van der Waals surface area contributed by atoms with Crippen LogP contribution in [0.5, 0.6) is 17.2 Å². The van der Waals surface area contributed by atoms with Crippen LogP contribution in [0.25, 0.3) is 22.5 Å². The van der Waals surface area contributed by atoms with Crippen LogP contribution >= 0.6 is 23.2 Å². The Morgan fingerprint density at radius 2 is 1.66 bits per heavy atom. The second kappa shape index (κ2) is 9.33. The average molecular weight is 472 g/mol. The minimum atomic E-state index is 0.381. The van der Waals surface area contributed by atoms with Gasteiger partial charge in [-0.2, -0.15) is 5.10 Å². The number of anilines is 2. The minimum absolute atomic E-state index is 0.381. The van der Waals surface area contributed by atoms with Crippen molar-refractivity contribution < 1.29 is 14.2 Å². The number of aromatic amines is 1. The quantitative estimate of drug-likeness (QED) is 0.361. The average Bonchev–Trinajstić information content (AvgIpc) is 3.28. The SMILES string of the molecule is COc1cc(Nc2nccc(-c3c[nH]nc3-c3ccc(Cl)cc3Cl)n2)cc(OC)c1OC. The van der Waals surface area contributed by atoms with Gasteiger partial charge in [0.05, 0.1) is 32.0 Å². The number of aromatic nitrogens is 4. The van der Waals surface area contributed by atoms with Crippen molar-refractivity contribution in [3.63, 3.8) is 0 Å². The molecule has 164 valence electrons. The summed E-state index contributed by atoms with van der Waals surface area (Å²) in [6, 6.07) is 10.6. The van der Waals surface area contributed by atoms with E-state index in [1.165, 1.54) is 0 Å². The van der Waals surface area contributed by atoms with Gasteiger partial charge in [0, 0.05) is 46.4 Å². The molecule has 2 aromatic heterocycles.